The third-order valence-corrected chi connectivity index (χ3v) is 3.64. The van der Waals surface area contributed by atoms with E-state index in [9.17, 15) is 4.79 Å². The Morgan fingerprint density at radius 2 is 2.17 bits per heavy atom. The van der Waals surface area contributed by atoms with Gasteiger partial charge in [0.2, 0.25) is 5.76 Å². The molecule has 0 aliphatic rings. The summed E-state index contributed by atoms with van der Waals surface area (Å²) in [5.41, 5.74) is 0.890. The molecule has 0 saturated carbocycles. The molecule has 0 radical (unpaired) electrons. The minimum Gasteiger partial charge on any atom is -0.475 e. The van der Waals surface area contributed by atoms with Gasteiger partial charge in [-0.05, 0) is 32.0 Å². The van der Waals surface area contributed by atoms with Gasteiger partial charge in [0.25, 0.3) is 0 Å². The summed E-state index contributed by atoms with van der Waals surface area (Å²) in [6.45, 7) is 5.25. The highest BCUT2D eigenvalue weighted by atomic mass is 32.1. The van der Waals surface area contributed by atoms with Gasteiger partial charge < -0.3 is 14.8 Å². The lowest BCUT2D eigenvalue weighted by Gasteiger charge is -2.01. The maximum absolute atomic E-state index is 10.8. The van der Waals surface area contributed by atoms with Crippen molar-refractivity contribution in [1.82, 2.24) is 5.32 Å². The van der Waals surface area contributed by atoms with Crippen molar-refractivity contribution < 1.29 is 14.3 Å². The molecule has 2 heterocycles. The first kappa shape index (κ1) is 12.9. The Bertz CT molecular complexity index is 556. The number of nitrogens with one attached hydrogen (secondary N) is 1. The second-order valence-electron chi connectivity index (χ2n) is 4.11. The van der Waals surface area contributed by atoms with E-state index >= 15 is 0 Å². The first-order valence-corrected chi connectivity index (χ1v) is 6.46. The summed E-state index contributed by atoms with van der Waals surface area (Å²) in [7, 11) is 0. The summed E-state index contributed by atoms with van der Waals surface area (Å²) >= 11 is 1.76. The molecule has 0 aromatic carbocycles. The fraction of sp³-hybridized carbons (Fsp3) is 0.308. The lowest BCUT2D eigenvalue weighted by atomic mass is 10.2. The van der Waals surface area contributed by atoms with Crippen LogP contribution in [0.4, 0.5) is 0 Å². The topological polar surface area (TPSA) is 62.5 Å². The van der Waals surface area contributed by atoms with Crippen molar-refractivity contribution in [3.8, 4) is 0 Å². The Morgan fingerprint density at radius 3 is 2.72 bits per heavy atom. The second-order valence-corrected chi connectivity index (χ2v) is 5.49. The minimum atomic E-state index is -1.03. The molecule has 2 N–H and O–H groups in total. The summed E-state index contributed by atoms with van der Waals surface area (Å²) in [4.78, 5) is 13.3. The van der Waals surface area contributed by atoms with Gasteiger partial charge in [-0.15, -0.1) is 11.3 Å². The largest absolute Gasteiger partial charge is 0.475 e. The average Bonchev–Trinajstić information content (AvgIpc) is 2.87. The molecule has 0 spiro atoms. The molecule has 0 aliphatic carbocycles. The van der Waals surface area contributed by atoms with Crippen LogP contribution in [0.3, 0.4) is 0 Å². The van der Waals surface area contributed by atoms with Gasteiger partial charge in [0.05, 0.1) is 0 Å². The molecule has 0 atom stereocenters. The first-order valence-electron chi connectivity index (χ1n) is 5.65. The fourth-order valence-electron chi connectivity index (χ4n) is 1.70. The van der Waals surface area contributed by atoms with E-state index in [0.717, 1.165) is 12.1 Å². The van der Waals surface area contributed by atoms with Crippen molar-refractivity contribution in [3.05, 3.63) is 45.0 Å². The minimum absolute atomic E-state index is 0.00346. The number of rotatable bonds is 5. The van der Waals surface area contributed by atoms with E-state index in [-0.39, 0.29) is 5.76 Å². The summed E-state index contributed by atoms with van der Waals surface area (Å²) < 4.78 is 5.15. The fourth-order valence-corrected chi connectivity index (χ4v) is 2.56. The van der Waals surface area contributed by atoms with Crippen LogP contribution in [0.2, 0.25) is 0 Å². The van der Waals surface area contributed by atoms with Crippen molar-refractivity contribution in [3.63, 3.8) is 0 Å². The second kappa shape index (κ2) is 5.37. The summed E-state index contributed by atoms with van der Waals surface area (Å²) in [5, 5.41) is 12.1. The predicted octanol–water partition coefficient (Wildman–Crippen LogP) is 2.95. The number of aromatic carboxylic acids is 1. The molecule has 0 saturated heterocycles. The van der Waals surface area contributed by atoms with Crippen molar-refractivity contribution in [1.29, 1.82) is 0 Å². The number of furan rings is 1. The molecule has 2 aromatic heterocycles. The van der Waals surface area contributed by atoms with Crippen LogP contribution in [0.15, 0.2) is 22.6 Å². The van der Waals surface area contributed by atoms with Crippen LogP contribution in [0.25, 0.3) is 0 Å². The van der Waals surface area contributed by atoms with Crippen LogP contribution in [0, 0.1) is 13.8 Å². The molecular weight excluding hydrogens is 250 g/mol. The van der Waals surface area contributed by atoms with Crippen LogP contribution < -0.4 is 5.32 Å². The molecule has 0 amide bonds. The molecule has 0 bridgehead atoms. The van der Waals surface area contributed by atoms with Crippen LogP contribution in [-0.2, 0) is 13.1 Å². The Balaban J connectivity index is 1.92. The Hall–Kier alpha value is -1.59. The number of carboxylic acids is 1. The van der Waals surface area contributed by atoms with Crippen LogP contribution in [-0.4, -0.2) is 11.1 Å². The number of hydrogen-bond acceptors (Lipinski definition) is 4. The van der Waals surface area contributed by atoms with E-state index in [2.05, 4.69) is 24.4 Å². The average molecular weight is 265 g/mol. The van der Waals surface area contributed by atoms with E-state index in [1.807, 2.05) is 0 Å². The molecule has 2 aromatic rings. The molecule has 0 aliphatic heterocycles. The molecule has 2 rings (SSSR count). The lowest BCUT2D eigenvalue weighted by Crippen LogP contribution is -2.11. The maximum atomic E-state index is 10.8. The molecule has 5 heteroatoms. The normalized spacial score (nSPS) is 10.8. The standard InChI is InChI=1S/C13H15NO3S/c1-8-3-4-11(18-8)7-14-6-10-5-12(13(15)16)17-9(10)2/h3-5,14H,6-7H2,1-2H3,(H,15,16). The first-order chi connectivity index (χ1) is 8.56. The molecule has 96 valence electrons. The highest BCUT2D eigenvalue weighted by Crippen LogP contribution is 2.16. The van der Waals surface area contributed by atoms with Gasteiger partial charge >= 0.3 is 5.97 Å². The number of carbonyl (C=O) groups is 1. The van der Waals surface area contributed by atoms with Gasteiger partial charge in [0.15, 0.2) is 0 Å². The van der Waals surface area contributed by atoms with Crippen molar-refractivity contribution in [2.75, 3.05) is 0 Å². The van der Waals surface area contributed by atoms with Gasteiger partial charge in [0, 0.05) is 28.4 Å². The van der Waals surface area contributed by atoms with Crippen LogP contribution in [0.5, 0.6) is 0 Å². The van der Waals surface area contributed by atoms with Gasteiger partial charge in [-0.3, -0.25) is 0 Å². The summed E-state index contributed by atoms with van der Waals surface area (Å²) in [5.74, 6) is -0.378. The number of carboxylic acid groups (broad SMARTS) is 1. The third-order valence-electron chi connectivity index (χ3n) is 2.64. The van der Waals surface area contributed by atoms with Gasteiger partial charge in [-0.25, -0.2) is 4.79 Å². The van der Waals surface area contributed by atoms with E-state index in [4.69, 9.17) is 9.52 Å². The zero-order chi connectivity index (χ0) is 13.1. The van der Waals surface area contributed by atoms with Crippen molar-refractivity contribution in [2.45, 2.75) is 26.9 Å². The maximum Gasteiger partial charge on any atom is 0.371 e. The number of aryl methyl sites for hydroxylation is 2. The molecule has 4 nitrogen and oxygen atoms in total. The van der Waals surface area contributed by atoms with Crippen LogP contribution in [0.1, 0.15) is 31.6 Å². The molecular formula is C13H15NO3S. The number of hydrogen-bond donors (Lipinski definition) is 2. The van der Waals surface area contributed by atoms with Crippen LogP contribution >= 0.6 is 11.3 Å². The summed E-state index contributed by atoms with van der Waals surface area (Å²) in [6, 6.07) is 5.76. The Labute approximate surface area is 109 Å². The summed E-state index contributed by atoms with van der Waals surface area (Å²) in [6.07, 6.45) is 0. The van der Waals surface area contributed by atoms with E-state index in [1.54, 1.807) is 24.3 Å². The smallest absolute Gasteiger partial charge is 0.371 e. The highest BCUT2D eigenvalue weighted by Gasteiger charge is 2.12. The molecule has 18 heavy (non-hydrogen) atoms. The number of thiophene rings is 1. The highest BCUT2D eigenvalue weighted by molar-refractivity contribution is 7.11. The van der Waals surface area contributed by atoms with Gasteiger partial charge in [-0.2, -0.15) is 0 Å². The molecule has 0 fully saturated rings. The third kappa shape index (κ3) is 3.00. The Kier molecular flexibility index (Phi) is 3.84. The molecule has 0 unspecified atom stereocenters. The van der Waals surface area contributed by atoms with E-state index in [0.29, 0.717) is 12.3 Å². The zero-order valence-corrected chi connectivity index (χ0v) is 11.1. The SMILES string of the molecule is Cc1ccc(CNCc2cc(C(=O)O)oc2C)s1. The Morgan fingerprint density at radius 1 is 1.39 bits per heavy atom. The van der Waals surface area contributed by atoms with E-state index < -0.39 is 5.97 Å². The van der Waals surface area contributed by atoms with Crippen molar-refractivity contribution in [2.24, 2.45) is 0 Å². The monoisotopic (exact) mass is 265 g/mol. The van der Waals surface area contributed by atoms with E-state index in [1.165, 1.54) is 9.75 Å². The van der Waals surface area contributed by atoms with Crippen molar-refractivity contribution >= 4 is 17.3 Å². The van der Waals surface area contributed by atoms with Gasteiger partial charge in [0.1, 0.15) is 5.76 Å². The van der Waals surface area contributed by atoms with Gasteiger partial charge in [-0.1, -0.05) is 0 Å². The predicted molar refractivity (Wildman–Crippen MR) is 70.0 cm³/mol. The lowest BCUT2D eigenvalue weighted by molar-refractivity contribution is 0.0661. The quantitative estimate of drug-likeness (QED) is 0.872. The zero-order valence-electron chi connectivity index (χ0n) is 10.3.